The molecule has 1 aliphatic rings. The number of nitrogens with one attached hydrogen (secondary N) is 1. The highest BCUT2D eigenvalue weighted by Crippen LogP contribution is 2.18. The van der Waals surface area contributed by atoms with E-state index in [1.54, 1.807) is 0 Å². The maximum atomic E-state index is 11.3. The second-order valence-corrected chi connectivity index (χ2v) is 4.36. The SMILES string of the molecule is O=C(CCNC1CC1)OCCOc1ccccc1. The molecule has 0 aliphatic heterocycles. The van der Waals surface area contributed by atoms with Crippen LogP contribution in [0, 0.1) is 0 Å². The highest BCUT2D eigenvalue weighted by atomic mass is 16.6. The van der Waals surface area contributed by atoms with Crippen LogP contribution < -0.4 is 10.1 Å². The Kier molecular flexibility index (Phi) is 5.02. The molecule has 0 radical (unpaired) electrons. The first-order valence-electron chi connectivity index (χ1n) is 6.41. The van der Waals surface area contributed by atoms with Crippen LogP contribution in [0.4, 0.5) is 0 Å². The minimum atomic E-state index is -0.167. The summed E-state index contributed by atoms with van der Waals surface area (Å²) in [5.41, 5.74) is 0. The molecule has 4 nitrogen and oxygen atoms in total. The molecule has 2 rings (SSSR count). The third-order valence-electron chi connectivity index (χ3n) is 2.70. The first-order valence-corrected chi connectivity index (χ1v) is 6.41. The van der Waals surface area contributed by atoms with Gasteiger partial charge in [0.2, 0.25) is 0 Å². The third kappa shape index (κ3) is 5.19. The number of ether oxygens (including phenoxy) is 2. The highest BCUT2D eigenvalue weighted by molar-refractivity contribution is 5.69. The maximum Gasteiger partial charge on any atom is 0.307 e. The quantitative estimate of drug-likeness (QED) is 0.563. The Hall–Kier alpha value is -1.55. The Morgan fingerprint density at radius 3 is 2.72 bits per heavy atom. The van der Waals surface area contributed by atoms with E-state index < -0.39 is 0 Å². The van der Waals surface area contributed by atoms with Crippen molar-refractivity contribution in [2.45, 2.75) is 25.3 Å². The van der Waals surface area contributed by atoms with Crippen molar-refractivity contribution < 1.29 is 14.3 Å². The van der Waals surface area contributed by atoms with E-state index in [1.807, 2.05) is 30.3 Å². The van der Waals surface area contributed by atoms with E-state index in [4.69, 9.17) is 9.47 Å². The minimum absolute atomic E-state index is 0.167. The summed E-state index contributed by atoms with van der Waals surface area (Å²) in [5.74, 6) is 0.628. The molecule has 0 atom stereocenters. The molecule has 1 aromatic carbocycles. The van der Waals surface area contributed by atoms with Crippen LogP contribution in [0.25, 0.3) is 0 Å². The van der Waals surface area contributed by atoms with Gasteiger partial charge in [-0.1, -0.05) is 18.2 Å². The largest absolute Gasteiger partial charge is 0.490 e. The first kappa shape index (κ1) is 12.9. The van der Waals surface area contributed by atoms with E-state index in [9.17, 15) is 4.79 Å². The molecule has 1 aromatic rings. The van der Waals surface area contributed by atoms with E-state index in [2.05, 4.69) is 5.32 Å². The van der Waals surface area contributed by atoms with Crippen LogP contribution in [0.2, 0.25) is 0 Å². The van der Waals surface area contributed by atoms with Crippen LogP contribution in [-0.2, 0) is 9.53 Å². The van der Waals surface area contributed by atoms with Gasteiger partial charge in [-0.05, 0) is 25.0 Å². The number of benzene rings is 1. The molecule has 1 aliphatic carbocycles. The number of hydrogen-bond acceptors (Lipinski definition) is 4. The summed E-state index contributed by atoms with van der Waals surface area (Å²) < 4.78 is 10.5. The average Bonchev–Trinajstić information content (AvgIpc) is 3.20. The molecule has 0 unspecified atom stereocenters. The van der Waals surface area contributed by atoms with Crippen molar-refractivity contribution in [3.8, 4) is 5.75 Å². The van der Waals surface area contributed by atoms with Crippen LogP contribution in [-0.4, -0.2) is 31.8 Å². The fourth-order valence-electron chi connectivity index (χ4n) is 1.57. The van der Waals surface area contributed by atoms with Crippen molar-refractivity contribution >= 4 is 5.97 Å². The number of rotatable bonds is 8. The predicted octanol–water partition coefficient (Wildman–Crippen LogP) is 1.75. The number of hydrogen-bond donors (Lipinski definition) is 1. The predicted molar refractivity (Wildman–Crippen MR) is 68.5 cm³/mol. The van der Waals surface area contributed by atoms with Crippen LogP contribution in [0.1, 0.15) is 19.3 Å². The molecule has 1 saturated carbocycles. The lowest BCUT2D eigenvalue weighted by Gasteiger charge is -2.07. The second-order valence-electron chi connectivity index (χ2n) is 4.36. The topological polar surface area (TPSA) is 47.6 Å². The van der Waals surface area contributed by atoms with Crippen molar-refractivity contribution in [3.63, 3.8) is 0 Å². The molecule has 0 bridgehead atoms. The Morgan fingerprint density at radius 2 is 2.00 bits per heavy atom. The van der Waals surface area contributed by atoms with Crippen LogP contribution in [0.15, 0.2) is 30.3 Å². The molecule has 98 valence electrons. The Bertz CT molecular complexity index is 363. The molecular formula is C14H19NO3. The summed E-state index contributed by atoms with van der Waals surface area (Å²) in [5, 5.41) is 3.27. The number of para-hydroxylation sites is 1. The van der Waals surface area contributed by atoms with Crippen molar-refractivity contribution in [3.05, 3.63) is 30.3 Å². The molecule has 0 spiro atoms. The summed E-state index contributed by atoms with van der Waals surface area (Å²) in [7, 11) is 0. The van der Waals surface area contributed by atoms with E-state index in [-0.39, 0.29) is 5.97 Å². The number of esters is 1. The molecule has 18 heavy (non-hydrogen) atoms. The van der Waals surface area contributed by atoms with Gasteiger partial charge in [-0.15, -0.1) is 0 Å². The lowest BCUT2D eigenvalue weighted by Crippen LogP contribution is -2.22. The lowest BCUT2D eigenvalue weighted by molar-refractivity contribution is -0.144. The van der Waals surface area contributed by atoms with Crippen molar-refractivity contribution in [2.75, 3.05) is 19.8 Å². The number of carbonyl (C=O) groups is 1. The van der Waals surface area contributed by atoms with Crippen LogP contribution in [0.3, 0.4) is 0 Å². The molecule has 1 N–H and O–H groups in total. The zero-order valence-electron chi connectivity index (χ0n) is 10.4. The van der Waals surface area contributed by atoms with Gasteiger partial charge in [-0.2, -0.15) is 0 Å². The minimum Gasteiger partial charge on any atom is -0.490 e. The Labute approximate surface area is 107 Å². The fourth-order valence-corrected chi connectivity index (χ4v) is 1.57. The van der Waals surface area contributed by atoms with Gasteiger partial charge >= 0.3 is 5.97 Å². The summed E-state index contributed by atoms with van der Waals surface area (Å²) in [4.78, 5) is 11.3. The van der Waals surface area contributed by atoms with Gasteiger partial charge < -0.3 is 14.8 Å². The van der Waals surface area contributed by atoms with Gasteiger partial charge in [-0.25, -0.2) is 0 Å². The van der Waals surface area contributed by atoms with Crippen molar-refractivity contribution in [1.82, 2.24) is 5.32 Å². The molecule has 4 heteroatoms. The van der Waals surface area contributed by atoms with Gasteiger partial charge in [0, 0.05) is 12.6 Å². The zero-order chi connectivity index (χ0) is 12.6. The van der Waals surface area contributed by atoms with Gasteiger partial charge in [0.1, 0.15) is 19.0 Å². The molecule has 0 saturated heterocycles. The van der Waals surface area contributed by atoms with Gasteiger partial charge in [0.05, 0.1) is 6.42 Å². The van der Waals surface area contributed by atoms with Crippen LogP contribution >= 0.6 is 0 Å². The van der Waals surface area contributed by atoms with Crippen molar-refractivity contribution in [1.29, 1.82) is 0 Å². The summed E-state index contributed by atoms with van der Waals surface area (Å²) >= 11 is 0. The average molecular weight is 249 g/mol. The second kappa shape index (κ2) is 7.01. The van der Waals surface area contributed by atoms with E-state index >= 15 is 0 Å². The monoisotopic (exact) mass is 249 g/mol. The van der Waals surface area contributed by atoms with Gasteiger partial charge in [0.15, 0.2) is 0 Å². The molecule has 0 heterocycles. The summed E-state index contributed by atoms with van der Waals surface area (Å²) in [6.07, 6.45) is 2.90. The summed E-state index contributed by atoms with van der Waals surface area (Å²) in [6.45, 7) is 1.41. The molecular weight excluding hydrogens is 230 g/mol. The van der Waals surface area contributed by atoms with Crippen molar-refractivity contribution in [2.24, 2.45) is 0 Å². The normalized spacial score (nSPS) is 14.2. The molecule has 0 amide bonds. The standard InChI is InChI=1S/C14H19NO3/c16-14(8-9-15-12-6-7-12)18-11-10-17-13-4-2-1-3-5-13/h1-5,12,15H,6-11H2. The number of carbonyl (C=O) groups excluding carboxylic acids is 1. The Balaban J connectivity index is 1.48. The first-order chi connectivity index (χ1) is 8.84. The lowest BCUT2D eigenvalue weighted by atomic mass is 10.3. The van der Waals surface area contributed by atoms with Gasteiger partial charge in [-0.3, -0.25) is 4.79 Å². The van der Waals surface area contributed by atoms with E-state index in [0.717, 1.165) is 5.75 Å². The van der Waals surface area contributed by atoms with Crippen LogP contribution in [0.5, 0.6) is 5.75 Å². The molecule has 1 fully saturated rings. The summed E-state index contributed by atoms with van der Waals surface area (Å²) in [6, 6.07) is 10.1. The van der Waals surface area contributed by atoms with E-state index in [1.165, 1.54) is 12.8 Å². The third-order valence-corrected chi connectivity index (χ3v) is 2.70. The molecule has 0 aromatic heterocycles. The Morgan fingerprint density at radius 1 is 1.22 bits per heavy atom. The fraction of sp³-hybridized carbons (Fsp3) is 0.500. The zero-order valence-corrected chi connectivity index (χ0v) is 10.4. The maximum absolute atomic E-state index is 11.3. The highest BCUT2D eigenvalue weighted by Gasteiger charge is 2.20. The van der Waals surface area contributed by atoms with E-state index in [0.29, 0.717) is 32.2 Å². The van der Waals surface area contributed by atoms with Gasteiger partial charge in [0.25, 0.3) is 0 Å². The smallest absolute Gasteiger partial charge is 0.307 e.